The lowest BCUT2D eigenvalue weighted by Crippen LogP contribution is -2.17. The van der Waals surface area contributed by atoms with Gasteiger partial charge in [-0.1, -0.05) is 23.7 Å². The van der Waals surface area contributed by atoms with Gasteiger partial charge in [0.05, 0.1) is 16.6 Å². The van der Waals surface area contributed by atoms with Crippen LogP contribution in [0.5, 0.6) is 11.5 Å². The van der Waals surface area contributed by atoms with E-state index in [2.05, 4.69) is 4.74 Å². The molecule has 0 fully saturated rings. The van der Waals surface area contributed by atoms with E-state index in [4.69, 9.17) is 17.3 Å². The van der Waals surface area contributed by atoms with E-state index in [1.807, 2.05) is 0 Å². The van der Waals surface area contributed by atoms with Gasteiger partial charge in [-0.2, -0.15) is 0 Å². The lowest BCUT2D eigenvalue weighted by Gasteiger charge is -2.16. The first-order chi connectivity index (χ1) is 10.2. The molecule has 0 unspecified atom stereocenters. The number of nitrogens with two attached hydrogens (primary N) is 1. The number of halogens is 6. The van der Waals surface area contributed by atoms with Crippen LogP contribution >= 0.6 is 24.0 Å². The molecule has 126 valence electrons. The first kappa shape index (κ1) is 19.3. The molecule has 2 aromatic rings. The Labute approximate surface area is 140 Å². The normalized spacial score (nSPS) is 12.4. The highest BCUT2D eigenvalue weighted by atomic mass is 35.5. The van der Waals surface area contributed by atoms with E-state index < -0.39 is 29.7 Å². The van der Waals surface area contributed by atoms with Gasteiger partial charge >= 0.3 is 6.36 Å². The molecule has 9 heteroatoms. The van der Waals surface area contributed by atoms with E-state index in [9.17, 15) is 22.7 Å². The lowest BCUT2D eigenvalue weighted by molar-refractivity contribution is -0.274. The molecule has 3 N–H and O–H groups in total. The van der Waals surface area contributed by atoms with Crippen LogP contribution in [-0.2, 0) is 0 Å². The molecule has 2 aromatic carbocycles. The molecular weight excluding hydrogens is 361 g/mol. The number of phenolic OH excluding ortho intramolecular Hbond substituents is 1. The molecule has 0 bridgehead atoms. The Hall–Kier alpha value is -1.70. The highest BCUT2D eigenvalue weighted by Gasteiger charge is 2.31. The average Bonchev–Trinajstić information content (AvgIpc) is 2.42. The van der Waals surface area contributed by atoms with Crippen LogP contribution in [-0.4, -0.2) is 11.5 Å². The van der Waals surface area contributed by atoms with Crippen molar-refractivity contribution in [2.45, 2.75) is 12.4 Å². The monoisotopic (exact) mass is 371 g/mol. The van der Waals surface area contributed by atoms with Gasteiger partial charge in [0.15, 0.2) is 0 Å². The standard InChI is InChI=1S/C14H10ClF4NO2.ClH/c15-9-5-6-10(16)11(13(9)21)12(20)7-1-3-8(4-2-7)22-14(17,18)19;/h1-6,12,21H,20H2;1H/t12-;/m0./s1. The maximum Gasteiger partial charge on any atom is 0.573 e. The van der Waals surface area contributed by atoms with Crippen molar-refractivity contribution in [3.8, 4) is 11.5 Å². The first-order valence-electron chi connectivity index (χ1n) is 5.97. The average molecular weight is 372 g/mol. The van der Waals surface area contributed by atoms with Crippen molar-refractivity contribution in [1.29, 1.82) is 0 Å². The summed E-state index contributed by atoms with van der Waals surface area (Å²) in [5.41, 5.74) is 5.89. The van der Waals surface area contributed by atoms with Crippen LogP contribution in [0.25, 0.3) is 0 Å². The minimum absolute atomic E-state index is 0. The van der Waals surface area contributed by atoms with Crippen LogP contribution in [0.15, 0.2) is 36.4 Å². The number of phenols is 1. The van der Waals surface area contributed by atoms with E-state index >= 15 is 0 Å². The molecule has 2 rings (SSSR count). The highest BCUT2D eigenvalue weighted by Crippen LogP contribution is 2.36. The maximum atomic E-state index is 13.8. The third-order valence-corrected chi connectivity index (χ3v) is 3.20. The van der Waals surface area contributed by atoms with E-state index in [-0.39, 0.29) is 28.6 Å². The van der Waals surface area contributed by atoms with E-state index in [0.717, 1.165) is 18.2 Å². The number of ether oxygens (including phenoxy) is 1. The van der Waals surface area contributed by atoms with E-state index in [0.29, 0.717) is 0 Å². The van der Waals surface area contributed by atoms with Gasteiger partial charge < -0.3 is 15.6 Å². The third kappa shape index (κ3) is 4.63. The van der Waals surface area contributed by atoms with Crippen LogP contribution in [0.1, 0.15) is 17.2 Å². The fraction of sp³-hybridized carbons (Fsp3) is 0.143. The third-order valence-electron chi connectivity index (χ3n) is 2.90. The second kappa shape index (κ2) is 7.25. The molecule has 3 nitrogen and oxygen atoms in total. The molecule has 0 saturated carbocycles. The van der Waals surface area contributed by atoms with Crippen molar-refractivity contribution in [2.24, 2.45) is 5.73 Å². The van der Waals surface area contributed by atoms with Gasteiger partial charge in [-0.3, -0.25) is 0 Å². The number of aromatic hydroxyl groups is 1. The first-order valence-corrected chi connectivity index (χ1v) is 6.35. The molecule has 0 aromatic heterocycles. The molecule has 0 radical (unpaired) electrons. The van der Waals surface area contributed by atoms with Crippen LogP contribution in [0.4, 0.5) is 17.6 Å². The van der Waals surface area contributed by atoms with Crippen molar-refractivity contribution >= 4 is 24.0 Å². The molecule has 0 spiro atoms. The summed E-state index contributed by atoms with van der Waals surface area (Å²) in [6.07, 6.45) is -4.80. The Morgan fingerprint density at radius 2 is 1.65 bits per heavy atom. The predicted octanol–water partition coefficient (Wildman–Crippen LogP) is 4.55. The molecule has 1 atom stereocenters. The van der Waals surface area contributed by atoms with Gasteiger partial charge in [-0.05, 0) is 29.8 Å². The zero-order chi connectivity index (χ0) is 16.5. The van der Waals surface area contributed by atoms with Gasteiger partial charge in [-0.25, -0.2) is 4.39 Å². The fourth-order valence-electron chi connectivity index (χ4n) is 1.90. The van der Waals surface area contributed by atoms with E-state index in [1.165, 1.54) is 18.2 Å². The number of benzene rings is 2. The molecule has 0 saturated heterocycles. The van der Waals surface area contributed by atoms with Crippen molar-refractivity contribution < 1.29 is 27.4 Å². The molecular formula is C14H11Cl2F4NO2. The summed E-state index contributed by atoms with van der Waals surface area (Å²) in [7, 11) is 0. The Balaban J connectivity index is 0.00000264. The second-order valence-corrected chi connectivity index (χ2v) is 4.79. The summed E-state index contributed by atoms with van der Waals surface area (Å²) in [6.45, 7) is 0. The van der Waals surface area contributed by atoms with Crippen molar-refractivity contribution in [3.63, 3.8) is 0 Å². The Morgan fingerprint density at radius 1 is 1.09 bits per heavy atom. The topological polar surface area (TPSA) is 55.5 Å². The summed E-state index contributed by atoms with van der Waals surface area (Å²) < 4.78 is 53.7. The number of rotatable bonds is 3. The predicted molar refractivity (Wildman–Crippen MR) is 79.5 cm³/mol. The smallest absolute Gasteiger partial charge is 0.506 e. The summed E-state index contributed by atoms with van der Waals surface area (Å²) in [5.74, 6) is -1.71. The van der Waals surface area contributed by atoms with Gasteiger partial charge in [0.1, 0.15) is 17.3 Å². The van der Waals surface area contributed by atoms with E-state index in [1.54, 1.807) is 0 Å². The molecule has 0 aliphatic rings. The molecule has 0 heterocycles. The summed E-state index contributed by atoms with van der Waals surface area (Å²) in [5, 5.41) is 9.71. The molecule has 0 aliphatic heterocycles. The van der Waals surface area contributed by atoms with Gasteiger partial charge in [-0.15, -0.1) is 25.6 Å². The summed E-state index contributed by atoms with van der Waals surface area (Å²) in [6, 6.07) is 5.68. The number of hydrogen-bond donors (Lipinski definition) is 2. The Morgan fingerprint density at radius 3 is 2.17 bits per heavy atom. The fourth-order valence-corrected chi connectivity index (χ4v) is 2.06. The summed E-state index contributed by atoms with van der Waals surface area (Å²) in [4.78, 5) is 0. The Kier molecular flexibility index (Phi) is 6.10. The highest BCUT2D eigenvalue weighted by molar-refractivity contribution is 6.32. The summed E-state index contributed by atoms with van der Waals surface area (Å²) >= 11 is 5.70. The maximum absolute atomic E-state index is 13.8. The second-order valence-electron chi connectivity index (χ2n) is 4.39. The lowest BCUT2D eigenvalue weighted by atomic mass is 9.98. The minimum atomic E-state index is -4.80. The quantitative estimate of drug-likeness (QED) is 0.778. The van der Waals surface area contributed by atoms with Gasteiger partial charge in [0, 0.05) is 0 Å². The molecule has 23 heavy (non-hydrogen) atoms. The number of hydrogen-bond acceptors (Lipinski definition) is 3. The van der Waals surface area contributed by atoms with Crippen molar-refractivity contribution in [2.75, 3.05) is 0 Å². The number of alkyl halides is 3. The van der Waals surface area contributed by atoms with Crippen LogP contribution < -0.4 is 10.5 Å². The zero-order valence-electron chi connectivity index (χ0n) is 11.3. The van der Waals surface area contributed by atoms with Crippen molar-refractivity contribution in [1.82, 2.24) is 0 Å². The molecule has 0 amide bonds. The van der Waals surface area contributed by atoms with Crippen LogP contribution in [0, 0.1) is 5.82 Å². The minimum Gasteiger partial charge on any atom is -0.506 e. The van der Waals surface area contributed by atoms with Crippen LogP contribution in [0.2, 0.25) is 5.02 Å². The van der Waals surface area contributed by atoms with Gasteiger partial charge in [0.25, 0.3) is 0 Å². The largest absolute Gasteiger partial charge is 0.573 e. The van der Waals surface area contributed by atoms with Gasteiger partial charge in [0.2, 0.25) is 0 Å². The Bertz CT molecular complexity index is 678. The molecule has 0 aliphatic carbocycles. The SMILES string of the molecule is Cl.N[C@@H](c1ccc(OC(F)(F)F)cc1)c1c(F)ccc(Cl)c1O. The zero-order valence-corrected chi connectivity index (χ0v) is 12.8. The van der Waals surface area contributed by atoms with Crippen molar-refractivity contribution in [3.05, 3.63) is 58.4 Å². The van der Waals surface area contributed by atoms with Crippen LogP contribution in [0.3, 0.4) is 0 Å².